The number of ether oxygens (including phenoxy) is 1. The van der Waals surface area contributed by atoms with Gasteiger partial charge in [0.05, 0.1) is 5.54 Å². The number of hydrogen-bond acceptors (Lipinski definition) is 2. The minimum absolute atomic E-state index is 0. The molecule has 0 unspecified atom stereocenters. The summed E-state index contributed by atoms with van der Waals surface area (Å²) in [5.41, 5.74) is 8.47. The largest absolute Gasteiger partial charge is 0.508 e. The average Bonchev–Trinajstić information content (AvgIpc) is 3.60. The molecule has 3 aromatic heterocycles. The standard InChI is InChI=1S/C46H51N4O.Pt/c1-43(2,3)30-21-22-47-41(25-30)50-37-18-14-13-17-35(37)42-36(45(7,8)9)27-34(28-40(42)50)51-33-24-31(44(4,5)6)23-32(26-33)48-29-49(46(10,11)12)39-20-16-15-19-38(39)48;/h13-25,27,29H,1-12H3;/q-1;. The topological polar surface area (TPSA) is 36.9 Å². The van der Waals surface area contributed by atoms with Crippen LogP contribution in [0.5, 0.6) is 11.5 Å². The van der Waals surface area contributed by atoms with Crippen LogP contribution >= 0.6 is 0 Å². The van der Waals surface area contributed by atoms with E-state index >= 15 is 0 Å². The first kappa shape index (κ1) is 37.5. The van der Waals surface area contributed by atoms with E-state index < -0.39 is 0 Å². The first-order chi connectivity index (χ1) is 23.8. The second-order valence-electron chi connectivity index (χ2n) is 18.0. The Kier molecular flexibility index (Phi) is 9.40. The van der Waals surface area contributed by atoms with Crippen molar-refractivity contribution in [2.45, 2.75) is 105 Å². The van der Waals surface area contributed by atoms with Gasteiger partial charge in [-0.3, -0.25) is 0 Å². The molecular formula is C46H51N4OPt-. The Balaban J connectivity index is 0.00000464. The second-order valence-corrected chi connectivity index (χ2v) is 18.0. The molecule has 7 rings (SSSR count). The van der Waals surface area contributed by atoms with Crippen LogP contribution in [0.2, 0.25) is 0 Å². The predicted octanol–water partition coefficient (Wildman–Crippen LogP) is 12.2. The fraction of sp³-hybridized carbons (Fsp3) is 0.348. The molecule has 0 fully saturated rings. The fourth-order valence-corrected chi connectivity index (χ4v) is 6.98. The molecule has 0 radical (unpaired) electrons. The minimum Gasteiger partial charge on any atom is -0.508 e. The number of benzene rings is 4. The number of imidazole rings is 1. The van der Waals surface area contributed by atoms with Gasteiger partial charge in [-0.2, -0.15) is 0 Å². The molecule has 0 amide bonds. The number of hydrogen-bond donors (Lipinski definition) is 0. The van der Waals surface area contributed by atoms with Crippen molar-refractivity contribution >= 4 is 32.8 Å². The van der Waals surface area contributed by atoms with Crippen molar-refractivity contribution in [2.24, 2.45) is 0 Å². The van der Waals surface area contributed by atoms with Crippen LogP contribution in [0.15, 0.2) is 91.4 Å². The molecular weight excluding hydrogens is 820 g/mol. The second kappa shape index (κ2) is 13.0. The molecule has 0 saturated carbocycles. The van der Waals surface area contributed by atoms with E-state index in [0.717, 1.165) is 28.1 Å². The maximum Gasteiger partial charge on any atom is 0.188 e. The zero-order valence-corrected chi connectivity index (χ0v) is 34.9. The van der Waals surface area contributed by atoms with Gasteiger partial charge in [-0.25, -0.2) is 14.1 Å². The summed E-state index contributed by atoms with van der Waals surface area (Å²) in [4.78, 5) is 4.92. The first-order valence-corrected chi connectivity index (χ1v) is 18.1. The molecule has 6 heteroatoms. The summed E-state index contributed by atoms with van der Waals surface area (Å²) >= 11 is 0. The van der Waals surface area contributed by atoms with Crippen molar-refractivity contribution in [2.75, 3.05) is 0 Å². The first-order valence-electron chi connectivity index (χ1n) is 18.1. The van der Waals surface area contributed by atoms with E-state index in [1.165, 1.54) is 33.0 Å². The normalized spacial score (nSPS) is 12.8. The Labute approximate surface area is 323 Å². The summed E-state index contributed by atoms with van der Waals surface area (Å²) in [5, 5.41) is 2.35. The van der Waals surface area contributed by atoms with Crippen molar-refractivity contribution in [1.29, 1.82) is 0 Å². The van der Waals surface area contributed by atoms with Crippen LogP contribution in [-0.4, -0.2) is 18.7 Å². The van der Waals surface area contributed by atoms with Crippen LogP contribution in [0, 0.1) is 12.1 Å². The van der Waals surface area contributed by atoms with Gasteiger partial charge in [0.25, 0.3) is 0 Å². The zero-order chi connectivity index (χ0) is 36.7. The van der Waals surface area contributed by atoms with E-state index in [9.17, 15) is 0 Å². The number of nitrogens with zero attached hydrogens (tertiary/aromatic N) is 4. The molecule has 272 valence electrons. The average molecular weight is 871 g/mol. The van der Waals surface area contributed by atoms with Crippen molar-refractivity contribution in [3.05, 3.63) is 120 Å². The third kappa shape index (κ3) is 6.85. The molecule has 52 heavy (non-hydrogen) atoms. The summed E-state index contributed by atoms with van der Waals surface area (Å²) in [7, 11) is 0. The molecule has 0 saturated heterocycles. The molecule has 4 aromatic carbocycles. The monoisotopic (exact) mass is 870 g/mol. The predicted molar refractivity (Wildman–Crippen MR) is 213 cm³/mol. The van der Waals surface area contributed by atoms with E-state index in [1.807, 2.05) is 6.20 Å². The maximum atomic E-state index is 6.91. The van der Waals surface area contributed by atoms with E-state index in [-0.39, 0.29) is 42.8 Å². The van der Waals surface area contributed by atoms with Crippen LogP contribution in [0.1, 0.15) is 99.8 Å². The van der Waals surface area contributed by atoms with Crippen molar-refractivity contribution in [3.8, 4) is 23.0 Å². The number of para-hydroxylation sites is 3. The molecule has 5 nitrogen and oxygen atoms in total. The van der Waals surface area contributed by atoms with Crippen LogP contribution in [0.3, 0.4) is 0 Å². The molecule has 3 heterocycles. The summed E-state index contributed by atoms with van der Waals surface area (Å²) in [6, 6.07) is 35.5. The van der Waals surface area contributed by atoms with Gasteiger partial charge < -0.3 is 9.30 Å². The Morgan fingerprint density at radius 1 is 0.635 bits per heavy atom. The molecule has 0 spiro atoms. The Hall–Kier alpha value is -4.21. The van der Waals surface area contributed by atoms with Crippen LogP contribution < -0.4 is 4.74 Å². The summed E-state index contributed by atoms with van der Waals surface area (Å²) in [6.45, 7) is 27.0. The molecule has 7 aromatic rings. The van der Waals surface area contributed by atoms with Crippen molar-refractivity contribution in [1.82, 2.24) is 18.7 Å². The van der Waals surface area contributed by atoms with Crippen LogP contribution in [0.25, 0.3) is 44.3 Å². The number of aromatic nitrogens is 4. The van der Waals surface area contributed by atoms with Gasteiger partial charge in [0.15, 0.2) is 17.4 Å². The summed E-state index contributed by atoms with van der Waals surface area (Å²) < 4.78 is 13.7. The van der Waals surface area contributed by atoms with Gasteiger partial charge in [-0.15, -0.1) is 29.3 Å². The van der Waals surface area contributed by atoms with Gasteiger partial charge >= 0.3 is 0 Å². The number of pyridine rings is 1. The Morgan fingerprint density at radius 2 is 1.25 bits per heavy atom. The smallest absolute Gasteiger partial charge is 0.188 e. The molecule has 0 atom stereocenters. The van der Waals surface area contributed by atoms with Crippen molar-refractivity contribution < 1.29 is 25.8 Å². The van der Waals surface area contributed by atoms with Crippen LogP contribution in [0.4, 0.5) is 0 Å². The summed E-state index contributed by atoms with van der Waals surface area (Å²) in [5.74, 6) is 2.18. The quantitative estimate of drug-likeness (QED) is 0.165. The number of fused-ring (bicyclic) bond motifs is 4. The van der Waals surface area contributed by atoms with Gasteiger partial charge in [0.2, 0.25) is 0 Å². The third-order valence-electron chi connectivity index (χ3n) is 9.84. The van der Waals surface area contributed by atoms with Gasteiger partial charge in [-0.05, 0) is 78.3 Å². The van der Waals surface area contributed by atoms with E-state index in [4.69, 9.17) is 9.72 Å². The Bertz CT molecular complexity index is 2440. The molecule has 0 aliphatic heterocycles. The van der Waals surface area contributed by atoms with Gasteiger partial charge in [0, 0.05) is 62.1 Å². The third-order valence-corrected chi connectivity index (χ3v) is 9.84. The molecule has 0 aliphatic rings. The van der Waals surface area contributed by atoms with E-state index in [1.54, 1.807) is 0 Å². The van der Waals surface area contributed by atoms with Crippen molar-refractivity contribution in [3.63, 3.8) is 0 Å². The van der Waals surface area contributed by atoms with Crippen LogP contribution in [-0.2, 0) is 42.8 Å². The maximum absolute atomic E-state index is 6.91. The molecule has 0 N–H and O–H groups in total. The Morgan fingerprint density at radius 3 is 1.88 bits per heavy atom. The fourth-order valence-electron chi connectivity index (χ4n) is 6.98. The molecule has 0 bridgehead atoms. The SMILES string of the molecule is CC(C)(C)c1cc(Oc2[c-]c3c(c(C(C)(C)C)c2)c2ccccc2n3-c2cc(C(C)(C)C)ccn2)[c-]c(-n2[cH+]n(C(C)(C)C)c3ccccc32)c1.[Pt]. The van der Waals surface area contributed by atoms with Gasteiger partial charge in [-0.1, -0.05) is 104 Å². The van der Waals surface area contributed by atoms with E-state index in [2.05, 4.69) is 194 Å². The minimum atomic E-state index is -0.173. The summed E-state index contributed by atoms with van der Waals surface area (Å²) in [6.07, 6.45) is 4.12. The van der Waals surface area contributed by atoms with Gasteiger partial charge in [0.1, 0.15) is 5.82 Å². The number of rotatable bonds is 4. The molecule has 0 aliphatic carbocycles. The zero-order valence-electron chi connectivity index (χ0n) is 32.7. The van der Waals surface area contributed by atoms with E-state index in [0.29, 0.717) is 11.5 Å².